The summed E-state index contributed by atoms with van der Waals surface area (Å²) in [7, 11) is 0. The van der Waals surface area contributed by atoms with Crippen molar-refractivity contribution in [3.8, 4) is 0 Å². The Morgan fingerprint density at radius 2 is 1.94 bits per heavy atom. The van der Waals surface area contributed by atoms with Gasteiger partial charge in [0.15, 0.2) is 0 Å². The number of alkyl halides is 1. The van der Waals surface area contributed by atoms with Gasteiger partial charge in [0.25, 0.3) is 0 Å². The first-order chi connectivity index (χ1) is 16.3. The van der Waals surface area contributed by atoms with Crippen molar-refractivity contribution in [3.05, 3.63) is 22.3 Å². The zero-order valence-electron chi connectivity index (χ0n) is 22.4. The number of azide groups is 1. The van der Waals surface area contributed by atoms with Crippen molar-refractivity contribution >= 4 is 15.9 Å². The van der Waals surface area contributed by atoms with Crippen LogP contribution in [-0.4, -0.2) is 24.6 Å². The summed E-state index contributed by atoms with van der Waals surface area (Å²) in [5.41, 5.74) is 9.42. The molecule has 0 amide bonds. The lowest BCUT2D eigenvalue weighted by atomic mass is 9.41. The Kier molecular flexibility index (Phi) is 8.68. The maximum Gasteiger partial charge on any atom is 0.0649 e. The van der Waals surface area contributed by atoms with Gasteiger partial charge < -0.3 is 4.74 Å². The standard InChI is InChI=1S/C29H48BrN3O/c1-19-11-12-28(4)22(16-19)18-26(34-15-7-14-32-33-31)27-24-10-9-23(20(2)8-6-13-30)29(24,5)21(3)17-25(27)28/h19-21,23-26H,6-18H2,1-5H3. The van der Waals surface area contributed by atoms with Crippen molar-refractivity contribution in [2.75, 3.05) is 18.5 Å². The van der Waals surface area contributed by atoms with Crippen LogP contribution in [0.1, 0.15) is 98.8 Å². The molecule has 9 unspecified atom stereocenters. The van der Waals surface area contributed by atoms with Crippen LogP contribution < -0.4 is 0 Å². The van der Waals surface area contributed by atoms with E-state index in [-0.39, 0.29) is 6.10 Å². The van der Waals surface area contributed by atoms with E-state index in [0.717, 1.165) is 41.8 Å². The Hall–Kier alpha value is -0.250. The zero-order valence-corrected chi connectivity index (χ0v) is 23.9. The van der Waals surface area contributed by atoms with E-state index >= 15 is 0 Å². The van der Waals surface area contributed by atoms with Gasteiger partial charge >= 0.3 is 0 Å². The molecule has 0 aliphatic heterocycles. The lowest BCUT2D eigenvalue weighted by Gasteiger charge is -2.64. The molecule has 0 aromatic heterocycles. The highest BCUT2D eigenvalue weighted by Crippen LogP contribution is 2.71. The van der Waals surface area contributed by atoms with Gasteiger partial charge in [-0.05, 0) is 116 Å². The molecule has 0 bridgehead atoms. The van der Waals surface area contributed by atoms with Gasteiger partial charge in [0, 0.05) is 29.3 Å². The Morgan fingerprint density at radius 1 is 1.15 bits per heavy atom. The molecule has 0 aromatic rings. The van der Waals surface area contributed by atoms with Crippen molar-refractivity contribution in [1.82, 2.24) is 0 Å². The quantitative estimate of drug-likeness (QED) is 0.0958. The zero-order chi connectivity index (χ0) is 24.5. The minimum absolute atomic E-state index is 0.276. The maximum atomic E-state index is 8.64. The molecule has 0 aromatic carbocycles. The van der Waals surface area contributed by atoms with Crippen molar-refractivity contribution < 1.29 is 4.74 Å². The van der Waals surface area contributed by atoms with E-state index < -0.39 is 0 Å². The largest absolute Gasteiger partial charge is 0.378 e. The molecule has 9 atom stereocenters. The third kappa shape index (κ3) is 4.72. The predicted molar refractivity (Wildman–Crippen MR) is 144 cm³/mol. The Labute approximate surface area is 217 Å². The van der Waals surface area contributed by atoms with E-state index in [9.17, 15) is 0 Å². The molecule has 34 heavy (non-hydrogen) atoms. The summed E-state index contributed by atoms with van der Waals surface area (Å²) in [6, 6.07) is 0. The lowest BCUT2D eigenvalue weighted by Crippen LogP contribution is -2.59. The molecule has 4 saturated carbocycles. The van der Waals surface area contributed by atoms with Crippen LogP contribution in [-0.2, 0) is 4.74 Å². The summed E-state index contributed by atoms with van der Waals surface area (Å²) >= 11 is 3.67. The van der Waals surface area contributed by atoms with Gasteiger partial charge in [0.05, 0.1) is 6.10 Å². The SMILES string of the molecule is CC1CCC2(C)[C](C1)CC(OCCCN=[N+]=[N-])[C]1C2CC(C)C2(C)C1CCC2C(C)CCCBr. The average molecular weight is 535 g/mol. The number of rotatable bonds is 9. The summed E-state index contributed by atoms with van der Waals surface area (Å²) < 4.78 is 6.73. The van der Waals surface area contributed by atoms with Gasteiger partial charge in [0.1, 0.15) is 0 Å². The van der Waals surface area contributed by atoms with Crippen molar-refractivity contribution in [2.45, 2.75) is 105 Å². The van der Waals surface area contributed by atoms with Crippen molar-refractivity contribution in [3.63, 3.8) is 0 Å². The smallest absolute Gasteiger partial charge is 0.0649 e. The van der Waals surface area contributed by atoms with Gasteiger partial charge in [0.2, 0.25) is 0 Å². The van der Waals surface area contributed by atoms with E-state index in [2.05, 4.69) is 60.6 Å². The van der Waals surface area contributed by atoms with E-state index in [1.807, 2.05) is 0 Å². The van der Waals surface area contributed by atoms with E-state index in [0.29, 0.717) is 35.8 Å². The first kappa shape index (κ1) is 26.8. The van der Waals surface area contributed by atoms with Crippen molar-refractivity contribution in [2.24, 2.45) is 51.5 Å². The number of halogens is 1. The molecule has 2 radical (unpaired) electrons. The van der Waals surface area contributed by atoms with Gasteiger partial charge in [-0.15, -0.1) is 0 Å². The van der Waals surface area contributed by atoms with Gasteiger partial charge in [-0.2, -0.15) is 0 Å². The number of hydrogen-bond acceptors (Lipinski definition) is 2. The number of hydrogen-bond donors (Lipinski definition) is 0. The summed E-state index contributed by atoms with van der Waals surface area (Å²) in [5.74, 6) is 8.21. The number of nitrogens with zero attached hydrogens (tertiary/aromatic N) is 3. The fraction of sp³-hybridized carbons (Fsp3) is 0.931. The van der Waals surface area contributed by atoms with Crippen LogP contribution >= 0.6 is 15.9 Å². The number of ether oxygens (including phenoxy) is 1. The van der Waals surface area contributed by atoms with Crippen LogP contribution in [0.4, 0.5) is 0 Å². The maximum absolute atomic E-state index is 8.64. The molecule has 0 heterocycles. The minimum atomic E-state index is 0.276. The highest BCUT2D eigenvalue weighted by atomic mass is 79.9. The van der Waals surface area contributed by atoms with Gasteiger partial charge in [-0.25, -0.2) is 0 Å². The second-order valence-corrected chi connectivity index (χ2v) is 13.6. The van der Waals surface area contributed by atoms with E-state index in [1.165, 1.54) is 51.4 Å². The topological polar surface area (TPSA) is 58.0 Å². The monoisotopic (exact) mass is 533 g/mol. The van der Waals surface area contributed by atoms with Crippen LogP contribution in [0.15, 0.2) is 5.11 Å². The third-order valence-corrected chi connectivity index (χ3v) is 11.7. The van der Waals surface area contributed by atoms with E-state index in [1.54, 1.807) is 11.8 Å². The molecule has 4 fully saturated rings. The average Bonchev–Trinajstić information content (AvgIpc) is 3.17. The Bertz CT molecular complexity index is 741. The molecule has 4 aliphatic rings. The predicted octanol–water partition coefficient (Wildman–Crippen LogP) is 8.95. The van der Waals surface area contributed by atoms with Crippen LogP contribution in [0.3, 0.4) is 0 Å². The lowest BCUT2D eigenvalue weighted by molar-refractivity contribution is -0.0923. The summed E-state index contributed by atoms with van der Waals surface area (Å²) in [4.78, 5) is 2.92. The number of fused-ring (bicyclic) bond motifs is 5. The van der Waals surface area contributed by atoms with Gasteiger partial charge in [-0.1, -0.05) is 62.1 Å². The van der Waals surface area contributed by atoms with Gasteiger partial charge in [-0.3, -0.25) is 0 Å². The fourth-order valence-electron chi connectivity index (χ4n) is 9.14. The Balaban J connectivity index is 1.61. The molecule has 5 heteroatoms. The van der Waals surface area contributed by atoms with Crippen LogP contribution in [0, 0.1) is 58.2 Å². The second-order valence-electron chi connectivity index (χ2n) is 12.8. The molecule has 0 N–H and O–H groups in total. The summed E-state index contributed by atoms with van der Waals surface area (Å²) in [6.07, 6.45) is 13.0. The third-order valence-electron chi connectivity index (χ3n) is 11.2. The molecule has 4 aliphatic carbocycles. The molecule has 0 saturated heterocycles. The first-order valence-corrected chi connectivity index (χ1v) is 15.3. The molecular formula is C29H48BrN3O. The minimum Gasteiger partial charge on any atom is -0.378 e. The Morgan fingerprint density at radius 3 is 2.68 bits per heavy atom. The highest BCUT2D eigenvalue weighted by Gasteiger charge is 2.65. The van der Waals surface area contributed by atoms with E-state index in [4.69, 9.17) is 10.3 Å². The molecular weight excluding hydrogens is 486 g/mol. The summed E-state index contributed by atoms with van der Waals surface area (Å²) in [6.45, 7) is 14.1. The normalized spacial score (nSPS) is 43.5. The molecule has 0 spiro atoms. The first-order valence-electron chi connectivity index (χ1n) is 14.2. The highest BCUT2D eigenvalue weighted by molar-refractivity contribution is 9.09. The molecule has 4 nitrogen and oxygen atoms in total. The summed E-state index contributed by atoms with van der Waals surface area (Å²) in [5, 5.41) is 4.86. The fourth-order valence-corrected chi connectivity index (χ4v) is 9.46. The molecule has 192 valence electrons. The second kappa shape index (κ2) is 11.0. The van der Waals surface area contributed by atoms with Crippen LogP contribution in [0.5, 0.6) is 0 Å². The van der Waals surface area contributed by atoms with Crippen LogP contribution in [0.2, 0.25) is 0 Å². The molecule has 4 rings (SSSR count). The van der Waals surface area contributed by atoms with Crippen molar-refractivity contribution in [1.29, 1.82) is 0 Å². The van der Waals surface area contributed by atoms with Crippen LogP contribution in [0.25, 0.3) is 10.4 Å².